The lowest BCUT2D eigenvalue weighted by atomic mass is 9.98. The molecule has 26 heavy (non-hydrogen) atoms. The van der Waals surface area contributed by atoms with Crippen LogP contribution >= 0.6 is 11.6 Å². The number of nitrogens with one attached hydrogen (secondary N) is 1. The van der Waals surface area contributed by atoms with E-state index in [1.54, 1.807) is 43.3 Å². The van der Waals surface area contributed by atoms with Gasteiger partial charge in [0, 0.05) is 21.9 Å². The molecule has 2 aromatic carbocycles. The van der Waals surface area contributed by atoms with Gasteiger partial charge in [-0.3, -0.25) is 4.79 Å². The summed E-state index contributed by atoms with van der Waals surface area (Å²) in [4.78, 5) is 11.2. The van der Waals surface area contributed by atoms with Crippen molar-refractivity contribution in [2.75, 3.05) is 5.32 Å². The summed E-state index contributed by atoms with van der Waals surface area (Å²) < 4.78 is 29.4. The molecule has 0 heterocycles. The average molecular weight is 374 g/mol. The van der Waals surface area contributed by atoms with Crippen molar-refractivity contribution in [3.63, 3.8) is 0 Å². The van der Waals surface area contributed by atoms with Crippen LogP contribution < -0.4 is 5.32 Å². The van der Waals surface area contributed by atoms with E-state index in [-0.39, 0.29) is 22.5 Å². The molecule has 2 rings (SSSR count). The molecule has 5 heteroatoms. The van der Waals surface area contributed by atoms with Gasteiger partial charge in [0.05, 0.1) is 0 Å². The fourth-order valence-corrected chi connectivity index (χ4v) is 2.66. The number of benzene rings is 2. The van der Waals surface area contributed by atoms with Crippen molar-refractivity contribution >= 4 is 23.6 Å². The van der Waals surface area contributed by atoms with Crippen molar-refractivity contribution < 1.29 is 13.6 Å². The van der Waals surface area contributed by atoms with Crippen LogP contribution in [0.3, 0.4) is 0 Å². The minimum absolute atomic E-state index is 0.0980. The third kappa shape index (κ3) is 4.09. The quantitative estimate of drug-likeness (QED) is 0.370. The predicted octanol–water partition coefficient (Wildman–Crippen LogP) is 6.22. The molecule has 2 nitrogen and oxygen atoms in total. The van der Waals surface area contributed by atoms with Gasteiger partial charge in [0.2, 0.25) is 0 Å². The maximum absolute atomic E-state index is 14.8. The number of halogens is 3. The molecular weight excluding hydrogens is 356 g/mol. The summed E-state index contributed by atoms with van der Waals surface area (Å²) in [6.07, 6.45) is 5.43. The number of hydrogen-bond acceptors (Lipinski definition) is 2. The van der Waals surface area contributed by atoms with Crippen LogP contribution in [0.5, 0.6) is 0 Å². The molecule has 0 aromatic heterocycles. The Kier molecular flexibility index (Phi) is 6.47. The van der Waals surface area contributed by atoms with Crippen LogP contribution in [0.2, 0.25) is 5.02 Å². The first-order valence-corrected chi connectivity index (χ1v) is 8.26. The Morgan fingerprint density at radius 3 is 2.54 bits per heavy atom. The molecule has 0 amide bonds. The molecule has 0 atom stereocenters. The third-order valence-electron chi connectivity index (χ3n) is 3.85. The van der Waals surface area contributed by atoms with E-state index in [2.05, 4.69) is 11.9 Å². The van der Waals surface area contributed by atoms with Gasteiger partial charge < -0.3 is 5.32 Å². The van der Waals surface area contributed by atoms with Gasteiger partial charge in [-0.2, -0.15) is 0 Å². The second-order valence-electron chi connectivity index (χ2n) is 5.57. The number of carbonyl (C=O) groups excluding carboxylic acids is 1. The Morgan fingerprint density at radius 2 is 1.92 bits per heavy atom. The monoisotopic (exact) mass is 373 g/mol. The molecule has 0 radical (unpaired) electrons. The number of anilines is 1. The zero-order chi connectivity index (χ0) is 19.3. The van der Waals surface area contributed by atoms with Crippen LogP contribution in [-0.2, 0) is 4.79 Å². The molecule has 0 unspecified atom stereocenters. The molecule has 0 aliphatic heterocycles. The first kappa shape index (κ1) is 19.6. The fourth-order valence-electron chi connectivity index (χ4n) is 2.43. The smallest absolute Gasteiger partial charge is 0.153 e. The van der Waals surface area contributed by atoms with Gasteiger partial charge in [0.1, 0.15) is 11.5 Å². The zero-order valence-electron chi connectivity index (χ0n) is 14.4. The van der Waals surface area contributed by atoms with Crippen LogP contribution in [0.25, 0.3) is 11.1 Å². The number of hydrogen-bond donors (Lipinski definition) is 1. The molecule has 0 spiro atoms. The van der Waals surface area contributed by atoms with Crippen molar-refractivity contribution in [2.45, 2.75) is 13.8 Å². The van der Waals surface area contributed by atoms with Gasteiger partial charge in [-0.25, -0.2) is 8.78 Å². The highest BCUT2D eigenvalue weighted by molar-refractivity contribution is 6.33. The maximum atomic E-state index is 14.8. The first-order valence-electron chi connectivity index (χ1n) is 7.88. The van der Waals surface area contributed by atoms with Crippen molar-refractivity contribution in [1.29, 1.82) is 0 Å². The summed E-state index contributed by atoms with van der Waals surface area (Å²) in [7, 11) is 0. The largest absolute Gasteiger partial charge is 0.351 e. The topological polar surface area (TPSA) is 29.1 Å². The zero-order valence-corrected chi connectivity index (χ0v) is 15.2. The molecule has 2 aromatic rings. The number of aldehydes is 1. The number of carbonyl (C=O) groups is 1. The van der Waals surface area contributed by atoms with E-state index in [1.165, 1.54) is 19.1 Å². The van der Waals surface area contributed by atoms with E-state index in [9.17, 15) is 13.6 Å². The molecule has 0 saturated carbocycles. The number of allylic oxidation sites excluding steroid dienone is 4. The second kappa shape index (κ2) is 8.59. The molecule has 0 aliphatic rings. The molecule has 0 bridgehead atoms. The van der Waals surface area contributed by atoms with E-state index in [4.69, 9.17) is 11.6 Å². The normalized spacial score (nSPS) is 11.7. The average Bonchev–Trinajstić information content (AvgIpc) is 2.63. The van der Waals surface area contributed by atoms with Crippen LogP contribution in [0.1, 0.15) is 12.5 Å². The highest BCUT2D eigenvalue weighted by atomic mass is 35.5. The molecule has 0 aliphatic carbocycles. The lowest BCUT2D eigenvalue weighted by Gasteiger charge is -2.16. The van der Waals surface area contributed by atoms with Crippen molar-refractivity contribution in [2.24, 2.45) is 0 Å². The van der Waals surface area contributed by atoms with E-state index in [0.29, 0.717) is 22.4 Å². The summed E-state index contributed by atoms with van der Waals surface area (Å²) in [5.41, 5.74) is 1.06. The first-order chi connectivity index (χ1) is 12.4. The standard InChI is InChI=1S/C21H18ClF2NO/c1-4-5-8-15(12-26)14(3)25-21-19(23)11-17(13(2)20(21)24)16-9-6-7-10-18(16)22/h4-12,25H,3H2,1-2H3/b5-4-,15-8-. The SMILES string of the molecule is C=C(Nc1c(F)cc(-c2ccccc2Cl)c(C)c1F)/C(C=O)=C\C=C/C. The van der Waals surface area contributed by atoms with Gasteiger partial charge in [-0.05, 0) is 43.2 Å². The van der Waals surface area contributed by atoms with Gasteiger partial charge in [-0.15, -0.1) is 0 Å². The molecular formula is C21H18ClF2NO. The highest BCUT2D eigenvalue weighted by Gasteiger charge is 2.19. The fraction of sp³-hybridized carbons (Fsp3) is 0.0952. The van der Waals surface area contributed by atoms with Crippen molar-refractivity contribution in [3.8, 4) is 11.1 Å². The lowest BCUT2D eigenvalue weighted by molar-refractivity contribution is -0.104. The minimum atomic E-state index is -0.805. The van der Waals surface area contributed by atoms with Gasteiger partial charge in [-0.1, -0.05) is 48.5 Å². The van der Waals surface area contributed by atoms with E-state index < -0.39 is 11.6 Å². The van der Waals surface area contributed by atoms with Gasteiger partial charge in [0.25, 0.3) is 0 Å². The Balaban J connectivity index is 2.47. The third-order valence-corrected chi connectivity index (χ3v) is 4.18. The minimum Gasteiger partial charge on any atom is -0.351 e. The second-order valence-corrected chi connectivity index (χ2v) is 5.98. The van der Waals surface area contributed by atoms with Gasteiger partial charge in [0.15, 0.2) is 12.1 Å². The van der Waals surface area contributed by atoms with Crippen molar-refractivity contribution in [3.05, 3.63) is 88.6 Å². The van der Waals surface area contributed by atoms with Crippen LogP contribution in [-0.4, -0.2) is 6.29 Å². The predicted molar refractivity (Wildman–Crippen MR) is 103 cm³/mol. The van der Waals surface area contributed by atoms with Crippen molar-refractivity contribution in [1.82, 2.24) is 0 Å². The molecule has 134 valence electrons. The van der Waals surface area contributed by atoms with Crippen LogP contribution in [0.15, 0.2) is 66.4 Å². The van der Waals surface area contributed by atoms with E-state index in [1.807, 2.05) is 0 Å². The molecule has 0 saturated heterocycles. The summed E-state index contributed by atoms with van der Waals surface area (Å²) in [5, 5.41) is 2.96. The Bertz CT molecular complexity index is 916. The Hall–Kier alpha value is -2.72. The lowest BCUT2D eigenvalue weighted by Crippen LogP contribution is -2.08. The molecule has 1 N–H and O–H groups in total. The highest BCUT2D eigenvalue weighted by Crippen LogP contribution is 2.35. The van der Waals surface area contributed by atoms with Crippen LogP contribution in [0.4, 0.5) is 14.5 Å². The van der Waals surface area contributed by atoms with E-state index >= 15 is 0 Å². The van der Waals surface area contributed by atoms with E-state index in [0.717, 1.165) is 0 Å². The molecule has 0 fully saturated rings. The Labute approximate surface area is 156 Å². The Morgan fingerprint density at radius 1 is 1.23 bits per heavy atom. The summed E-state index contributed by atoms with van der Waals surface area (Å²) >= 11 is 6.14. The summed E-state index contributed by atoms with van der Waals surface area (Å²) in [5.74, 6) is -1.57. The maximum Gasteiger partial charge on any atom is 0.153 e. The van der Waals surface area contributed by atoms with Crippen LogP contribution in [0, 0.1) is 18.6 Å². The summed E-state index contributed by atoms with van der Waals surface area (Å²) in [6, 6.07) is 8.05. The summed E-state index contributed by atoms with van der Waals surface area (Å²) in [6.45, 7) is 7.00. The number of rotatable bonds is 6. The van der Waals surface area contributed by atoms with Gasteiger partial charge >= 0.3 is 0 Å².